The van der Waals surface area contributed by atoms with Crippen molar-refractivity contribution in [1.29, 1.82) is 0 Å². The molecule has 0 amide bonds. The van der Waals surface area contributed by atoms with Gasteiger partial charge in [-0.3, -0.25) is 4.57 Å². The van der Waals surface area contributed by atoms with Gasteiger partial charge in [0.1, 0.15) is 17.1 Å². The third-order valence-electron chi connectivity index (χ3n) is 2.79. The molecule has 18 heavy (non-hydrogen) atoms. The fourth-order valence-corrected chi connectivity index (χ4v) is 1.99. The van der Waals surface area contributed by atoms with Gasteiger partial charge in [-0.05, 0) is 24.3 Å². The Morgan fingerprint density at radius 3 is 2.67 bits per heavy atom. The molecule has 2 aromatic carbocycles. The summed E-state index contributed by atoms with van der Waals surface area (Å²) in [6, 6.07) is 10.8. The summed E-state index contributed by atoms with van der Waals surface area (Å²) in [6.45, 7) is 0. The van der Waals surface area contributed by atoms with E-state index in [-0.39, 0.29) is 11.3 Å². The zero-order valence-electron chi connectivity index (χ0n) is 9.22. The molecule has 0 aliphatic carbocycles. The van der Waals surface area contributed by atoms with Gasteiger partial charge in [0.15, 0.2) is 0 Å². The van der Waals surface area contributed by atoms with Gasteiger partial charge in [-0.2, -0.15) is 0 Å². The molecule has 3 rings (SSSR count). The number of aromatic amines is 1. The van der Waals surface area contributed by atoms with E-state index in [1.807, 2.05) is 0 Å². The lowest BCUT2D eigenvalue weighted by Crippen LogP contribution is -2.14. The molecule has 0 radical (unpaired) electrons. The highest BCUT2D eigenvalue weighted by Crippen LogP contribution is 2.23. The third kappa shape index (κ3) is 1.41. The number of para-hydroxylation sites is 3. The Balaban J connectivity index is 2.44. The predicted octanol–water partition coefficient (Wildman–Crippen LogP) is 2.16. The van der Waals surface area contributed by atoms with E-state index in [1.54, 1.807) is 24.3 Å². The molecule has 0 aliphatic heterocycles. The summed E-state index contributed by atoms with van der Waals surface area (Å²) in [7, 11) is 0. The van der Waals surface area contributed by atoms with Crippen molar-refractivity contribution in [2.75, 3.05) is 0 Å². The molecule has 1 aromatic heterocycles. The summed E-state index contributed by atoms with van der Waals surface area (Å²) in [5, 5.41) is 9.77. The number of fused-ring (bicyclic) bond motifs is 1. The second kappa shape index (κ2) is 3.73. The summed E-state index contributed by atoms with van der Waals surface area (Å²) < 4.78 is 14.8. The van der Waals surface area contributed by atoms with Crippen LogP contribution in [0, 0.1) is 5.82 Å². The smallest absolute Gasteiger partial charge is 0.331 e. The summed E-state index contributed by atoms with van der Waals surface area (Å²) in [4.78, 5) is 14.3. The van der Waals surface area contributed by atoms with Gasteiger partial charge in [-0.15, -0.1) is 0 Å². The van der Waals surface area contributed by atoms with Crippen LogP contribution in [0.4, 0.5) is 4.39 Å². The molecule has 2 N–H and O–H groups in total. The fraction of sp³-hybridized carbons (Fsp3) is 0. The number of benzene rings is 2. The van der Waals surface area contributed by atoms with Gasteiger partial charge in [0, 0.05) is 0 Å². The molecule has 4 nitrogen and oxygen atoms in total. The van der Waals surface area contributed by atoms with Crippen LogP contribution in [-0.4, -0.2) is 14.7 Å². The zero-order valence-corrected chi connectivity index (χ0v) is 9.22. The number of rotatable bonds is 1. The number of halogens is 1. The van der Waals surface area contributed by atoms with Gasteiger partial charge in [-0.25, -0.2) is 9.18 Å². The molecular weight excluding hydrogens is 235 g/mol. The SMILES string of the molecule is O=c1[nH]c2c(F)cccc2n1-c1ccccc1O. The van der Waals surface area contributed by atoms with Crippen LogP contribution >= 0.6 is 0 Å². The van der Waals surface area contributed by atoms with E-state index in [0.717, 1.165) is 0 Å². The maximum Gasteiger partial charge on any atom is 0.331 e. The van der Waals surface area contributed by atoms with E-state index in [4.69, 9.17) is 0 Å². The lowest BCUT2D eigenvalue weighted by molar-refractivity contribution is 0.472. The highest BCUT2D eigenvalue weighted by atomic mass is 19.1. The van der Waals surface area contributed by atoms with E-state index in [9.17, 15) is 14.3 Å². The molecule has 90 valence electrons. The average Bonchev–Trinajstić information content (AvgIpc) is 2.68. The van der Waals surface area contributed by atoms with Crippen LogP contribution in [0.3, 0.4) is 0 Å². The van der Waals surface area contributed by atoms with E-state index in [0.29, 0.717) is 11.2 Å². The van der Waals surface area contributed by atoms with Gasteiger partial charge in [0.2, 0.25) is 0 Å². The van der Waals surface area contributed by atoms with Gasteiger partial charge >= 0.3 is 5.69 Å². The fourth-order valence-electron chi connectivity index (χ4n) is 1.99. The first-order valence-corrected chi connectivity index (χ1v) is 5.36. The first kappa shape index (κ1) is 10.6. The van der Waals surface area contributed by atoms with Crippen molar-refractivity contribution in [3.63, 3.8) is 0 Å². The Bertz CT molecular complexity index is 789. The first-order chi connectivity index (χ1) is 8.68. The van der Waals surface area contributed by atoms with Gasteiger partial charge in [0.05, 0.1) is 11.2 Å². The number of aromatic hydroxyl groups is 1. The molecule has 0 atom stereocenters. The molecule has 0 bridgehead atoms. The van der Waals surface area contributed by atoms with Crippen LogP contribution < -0.4 is 5.69 Å². The number of imidazole rings is 1. The van der Waals surface area contributed by atoms with Crippen LogP contribution in [0.1, 0.15) is 0 Å². The second-order valence-electron chi connectivity index (χ2n) is 3.89. The molecule has 0 unspecified atom stereocenters. The quantitative estimate of drug-likeness (QED) is 0.689. The van der Waals surface area contributed by atoms with Crippen LogP contribution in [-0.2, 0) is 0 Å². The Kier molecular flexibility index (Phi) is 2.19. The van der Waals surface area contributed by atoms with Gasteiger partial charge in [-0.1, -0.05) is 18.2 Å². The molecule has 0 saturated heterocycles. The summed E-state index contributed by atoms with van der Waals surface area (Å²) in [5.41, 5.74) is 0.350. The number of hydrogen-bond donors (Lipinski definition) is 2. The van der Waals surface area contributed by atoms with Crippen molar-refractivity contribution in [1.82, 2.24) is 9.55 Å². The number of H-pyrrole nitrogens is 1. The van der Waals surface area contributed by atoms with E-state index < -0.39 is 11.5 Å². The number of hydrogen-bond acceptors (Lipinski definition) is 2. The molecular formula is C13H9FN2O2. The number of phenolic OH excluding ortho intramolecular Hbond substituents is 1. The molecule has 5 heteroatoms. The molecule has 0 fully saturated rings. The van der Waals surface area contributed by atoms with E-state index >= 15 is 0 Å². The molecule has 0 saturated carbocycles. The first-order valence-electron chi connectivity index (χ1n) is 5.36. The van der Waals surface area contributed by atoms with Crippen molar-refractivity contribution in [3.8, 4) is 11.4 Å². The summed E-state index contributed by atoms with van der Waals surface area (Å²) >= 11 is 0. The number of nitrogens with zero attached hydrogens (tertiary/aromatic N) is 1. The summed E-state index contributed by atoms with van der Waals surface area (Å²) in [5.74, 6) is -0.538. The highest BCUT2D eigenvalue weighted by molar-refractivity contribution is 5.78. The highest BCUT2D eigenvalue weighted by Gasteiger charge is 2.13. The lowest BCUT2D eigenvalue weighted by atomic mass is 10.2. The monoisotopic (exact) mass is 244 g/mol. The summed E-state index contributed by atoms with van der Waals surface area (Å²) in [6.07, 6.45) is 0. The predicted molar refractivity (Wildman–Crippen MR) is 65.5 cm³/mol. The normalized spacial score (nSPS) is 10.9. The van der Waals surface area contributed by atoms with Crippen LogP contribution in [0.25, 0.3) is 16.7 Å². The maximum absolute atomic E-state index is 13.5. The maximum atomic E-state index is 13.5. The zero-order chi connectivity index (χ0) is 12.7. The third-order valence-corrected chi connectivity index (χ3v) is 2.79. The minimum absolute atomic E-state index is 0.0373. The molecule has 0 spiro atoms. The number of nitrogens with one attached hydrogen (secondary N) is 1. The largest absolute Gasteiger partial charge is 0.506 e. The van der Waals surface area contributed by atoms with Gasteiger partial charge < -0.3 is 10.1 Å². The van der Waals surface area contributed by atoms with Crippen molar-refractivity contribution in [3.05, 3.63) is 58.8 Å². The van der Waals surface area contributed by atoms with Crippen LogP contribution in [0.2, 0.25) is 0 Å². The van der Waals surface area contributed by atoms with E-state index in [1.165, 1.54) is 22.8 Å². The molecule has 0 aliphatic rings. The molecule has 3 aromatic rings. The Morgan fingerprint density at radius 1 is 1.11 bits per heavy atom. The minimum Gasteiger partial charge on any atom is -0.506 e. The van der Waals surface area contributed by atoms with Crippen molar-refractivity contribution < 1.29 is 9.50 Å². The van der Waals surface area contributed by atoms with Crippen molar-refractivity contribution in [2.45, 2.75) is 0 Å². The standard InChI is InChI=1S/C13H9FN2O2/c14-8-4-3-6-10-12(8)15-13(18)16(10)9-5-1-2-7-11(9)17/h1-7,17H,(H,15,18). The lowest BCUT2D eigenvalue weighted by Gasteiger charge is -2.05. The minimum atomic E-state index is -0.501. The Hall–Kier alpha value is -2.56. The second-order valence-corrected chi connectivity index (χ2v) is 3.89. The topological polar surface area (TPSA) is 58.0 Å². The Labute approximate surface area is 101 Å². The van der Waals surface area contributed by atoms with Crippen molar-refractivity contribution >= 4 is 11.0 Å². The van der Waals surface area contributed by atoms with Crippen LogP contribution in [0.5, 0.6) is 5.75 Å². The average molecular weight is 244 g/mol. The Morgan fingerprint density at radius 2 is 1.89 bits per heavy atom. The van der Waals surface area contributed by atoms with Crippen LogP contribution in [0.15, 0.2) is 47.3 Å². The number of aromatic nitrogens is 2. The molecule has 1 heterocycles. The number of phenols is 1. The van der Waals surface area contributed by atoms with Gasteiger partial charge in [0.25, 0.3) is 0 Å². The van der Waals surface area contributed by atoms with E-state index in [2.05, 4.69) is 4.98 Å². The van der Waals surface area contributed by atoms with Crippen molar-refractivity contribution in [2.24, 2.45) is 0 Å².